The zero-order chi connectivity index (χ0) is 26.0. The lowest BCUT2D eigenvalue weighted by molar-refractivity contribution is -0.132. The summed E-state index contributed by atoms with van der Waals surface area (Å²) in [5, 5.41) is 11.3. The molecule has 0 bridgehead atoms. The molecule has 1 atom stereocenters. The number of amides is 1. The highest BCUT2D eigenvalue weighted by Gasteiger charge is 2.47. The van der Waals surface area contributed by atoms with E-state index in [1.165, 1.54) is 57.6 Å². The Balaban J connectivity index is 1.99. The van der Waals surface area contributed by atoms with Gasteiger partial charge >= 0.3 is 0 Å². The second kappa shape index (κ2) is 9.99. The highest BCUT2D eigenvalue weighted by atomic mass is 19.1. The number of carbonyl (C=O) groups excluding carboxylic acids is 2. The molecule has 4 rings (SSSR count). The van der Waals surface area contributed by atoms with Crippen molar-refractivity contribution in [2.24, 2.45) is 0 Å². The number of hydrogen-bond acceptors (Lipinski definition) is 7. The number of hydrogen-bond donors (Lipinski definition) is 1. The molecule has 1 heterocycles. The van der Waals surface area contributed by atoms with Crippen LogP contribution in [0.4, 0.5) is 10.1 Å². The number of aliphatic hydroxyl groups excluding tert-OH is 1. The first-order chi connectivity index (χ1) is 17.3. The van der Waals surface area contributed by atoms with Crippen LogP contribution in [0.1, 0.15) is 17.2 Å². The highest BCUT2D eigenvalue weighted by molar-refractivity contribution is 6.51. The van der Waals surface area contributed by atoms with Crippen LogP contribution in [0.5, 0.6) is 23.0 Å². The molecule has 1 fully saturated rings. The maximum Gasteiger partial charge on any atom is 0.300 e. The van der Waals surface area contributed by atoms with Gasteiger partial charge in [0, 0.05) is 11.3 Å². The molecule has 0 radical (unpaired) electrons. The molecule has 1 amide bonds. The molecule has 36 heavy (non-hydrogen) atoms. The third kappa shape index (κ3) is 4.19. The van der Waals surface area contributed by atoms with E-state index in [2.05, 4.69) is 0 Å². The third-order valence-corrected chi connectivity index (χ3v) is 5.92. The lowest BCUT2D eigenvalue weighted by Gasteiger charge is -2.26. The summed E-state index contributed by atoms with van der Waals surface area (Å²) in [6.45, 7) is 0. The van der Waals surface area contributed by atoms with Crippen LogP contribution >= 0.6 is 0 Å². The Morgan fingerprint density at radius 2 is 1.42 bits per heavy atom. The van der Waals surface area contributed by atoms with Gasteiger partial charge < -0.3 is 24.1 Å². The van der Waals surface area contributed by atoms with E-state index in [1.807, 2.05) is 0 Å². The normalized spacial score (nSPS) is 16.7. The molecule has 9 heteroatoms. The summed E-state index contributed by atoms with van der Waals surface area (Å²) in [7, 11) is 5.84. The summed E-state index contributed by atoms with van der Waals surface area (Å²) in [4.78, 5) is 27.8. The van der Waals surface area contributed by atoms with E-state index in [9.17, 15) is 19.1 Å². The van der Waals surface area contributed by atoms with Crippen molar-refractivity contribution in [3.8, 4) is 23.0 Å². The fraction of sp³-hybridized carbons (Fsp3) is 0.185. The summed E-state index contributed by atoms with van der Waals surface area (Å²) >= 11 is 0. The Hall–Kier alpha value is -4.53. The molecule has 1 N–H and O–H groups in total. The summed E-state index contributed by atoms with van der Waals surface area (Å²) in [6.07, 6.45) is 0. The zero-order valence-corrected chi connectivity index (χ0v) is 20.1. The quantitative estimate of drug-likeness (QED) is 0.295. The fourth-order valence-corrected chi connectivity index (χ4v) is 4.18. The predicted molar refractivity (Wildman–Crippen MR) is 130 cm³/mol. The van der Waals surface area contributed by atoms with Gasteiger partial charge in [-0.2, -0.15) is 0 Å². The van der Waals surface area contributed by atoms with Gasteiger partial charge in [0.05, 0.1) is 40.1 Å². The molecule has 8 nitrogen and oxygen atoms in total. The molecule has 3 aromatic rings. The van der Waals surface area contributed by atoms with Gasteiger partial charge in [-0.3, -0.25) is 14.5 Å². The number of carbonyl (C=O) groups is 2. The maximum absolute atomic E-state index is 13.7. The molecule has 0 spiro atoms. The van der Waals surface area contributed by atoms with Crippen molar-refractivity contribution < 1.29 is 38.0 Å². The minimum absolute atomic E-state index is 0.149. The van der Waals surface area contributed by atoms with Gasteiger partial charge in [0.15, 0.2) is 11.5 Å². The van der Waals surface area contributed by atoms with Crippen molar-refractivity contribution >= 4 is 23.1 Å². The maximum atomic E-state index is 13.7. The van der Waals surface area contributed by atoms with Gasteiger partial charge in [0.25, 0.3) is 11.7 Å². The monoisotopic (exact) mass is 493 g/mol. The molecule has 1 aliphatic heterocycles. The molecule has 0 saturated carbocycles. The van der Waals surface area contributed by atoms with Crippen LogP contribution < -0.4 is 23.8 Å². The van der Waals surface area contributed by atoms with E-state index >= 15 is 0 Å². The minimum atomic E-state index is -1.08. The lowest BCUT2D eigenvalue weighted by Crippen LogP contribution is -2.29. The number of nitrogens with zero attached hydrogens (tertiary/aromatic N) is 1. The van der Waals surface area contributed by atoms with Crippen LogP contribution in [0.15, 0.2) is 66.2 Å². The molecular weight excluding hydrogens is 469 g/mol. The third-order valence-electron chi connectivity index (χ3n) is 5.92. The molecular formula is C27H24FNO7. The summed E-state index contributed by atoms with van der Waals surface area (Å²) in [5.74, 6) is -1.20. The molecule has 1 aliphatic rings. The van der Waals surface area contributed by atoms with E-state index in [0.717, 1.165) is 0 Å². The van der Waals surface area contributed by atoms with E-state index in [1.54, 1.807) is 36.4 Å². The molecule has 0 aromatic heterocycles. The first-order valence-corrected chi connectivity index (χ1v) is 10.9. The number of ketones is 1. The number of ether oxygens (including phenoxy) is 4. The number of benzene rings is 3. The summed E-state index contributed by atoms with van der Waals surface area (Å²) < 4.78 is 35.1. The topological polar surface area (TPSA) is 94.5 Å². The Morgan fingerprint density at radius 1 is 0.833 bits per heavy atom. The highest BCUT2D eigenvalue weighted by Crippen LogP contribution is 2.47. The Bertz CT molecular complexity index is 1310. The second-order valence-corrected chi connectivity index (χ2v) is 7.83. The largest absolute Gasteiger partial charge is 0.507 e. The van der Waals surface area contributed by atoms with E-state index in [0.29, 0.717) is 34.1 Å². The van der Waals surface area contributed by atoms with Crippen LogP contribution in [0.25, 0.3) is 5.76 Å². The fourth-order valence-electron chi connectivity index (χ4n) is 4.18. The smallest absolute Gasteiger partial charge is 0.300 e. The van der Waals surface area contributed by atoms with Gasteiger partial charge in [-0.25, -0.2) is 4.39 Å². The van der Waals surface area contributed by atoms with Crippen LogP contribution in [0.3, 0.4) is 0 Å². The molecule has 1 saturated heterocycles. The first-order valence-electron chi connectivity index (χ1n) is 10.9. The van der Waals surface area contributed by atoms with Gasteiger partial charge in [-0.15, -0.1) is 0 Å². The Morgan fingerprint density at radius 3 is 1.92 bits per heavy atom. The molecule has 0 aliphatic carbocycles. The minimum Gasteiger partial charge on any atom is -0.507 e. The van der Waals surface area contributed by atoms with E-state index < -0.39 is 23.5 Å². The van der Waals surface area contributed by atoms with Crippen molar-refractivity contribution in [2.45, 2.75) is 6.04 Å². The Labute approximate surface area is 207 Å². The van der Waals surface area contributed by atoms with Crippen LogP contribution in [-0.4, -0.2) is 45.2 Å². The number of rotatable bonds is 7. The van der Waals surface area contributed by atoms with Crippen LogP contribution in [0, 0.1) is 5.82 Å². The number of methoxy groups -OCH3 is 4. The Kier molecular flexibility index (Phi) is 6.82. The average molecular weight is 493 g/mol. The van der Waals surface area contributed by atoms with E-state index in [4.69, 9.17) is 18.9 Å². The second-order valence-electron chi connectivity index (χ2n) is 7.83. The lowest BCUT2D eigenvalue weighted by atomic mass is 9.94. The van der Waals surface area contributed by atoms with Crippen molar-refractivity contribution in [3.63, 3.8) is 0 Å². The van der Waals surface area contributed by atoms with Gasteiger partial charge in [0.2, 0.25) is 5.75 Å². The van der Waals surface area contributed by atoms with Crippen molar-refractivity contribution in [1.29, 1.82) is 0 Å². The SMILES string of the molecule is COc1ccc(/C(O)=C2\C(=O)C(=O)N(c3ccc(F)cc3)C2c2cc(OC)c(OC)c(OC)c2)cc1. The molecule has 3 aromatic carbocycles. The summed E-state index contributed by atoms with van der Waals surface area (Å²) in [6, 6.07) is 13.7. The number of aliphatic hydroxyl groups is 1. The number of halogens is 1. The average Bonchev–Trinajstić information content (AvgIpc) is 3.17. The van der Waals surface area contributed by atoms with Crippen LogP contribution in [-0.2, 0) is 9.59 Å². The first kappa shape index (κ1) is 24.6. The van der Waals surface area contributed by atoms with Gasteiger partial charge in [0.1, 0.15) is 17.3 Å². The van der Waals surface area contributed by atoms with E-state index in [-0.39, 0.29) is 17.0 Å². The zero-order valence-electron chi connectivity index (χ0n) is 20.1. The van der Waals surface area contributed by atoms with Gasteiger partial charge in [-0.1, -0.05) is 0 Å². The molecule has 1 unspecified atom stereocenters. The summed E-state index contributed by atoms with van der Waals surface area (Å²) in [5.41, 5.74) is 0.836. The van der Waals surface area contributed by atoms with Crippen molar-refractivity contribution in [2.75, 3.05) is 33.3 Å². The van der Waals surface area contributed by atoms with Crippen molar-refractivity contribution in [3.05, 3.63) is 83.2 Å². The number of Topliss-reactive ketones (excluding diaryl/α,β-unsaturated/α-hetero) is 1. The standard InChI is InChI=1S/C27H24FNO7/c1-33-19-11-5-15(6-12-19)24(30)22-23(16-13-20(34-2)26(36-4)21(14-16)35-3)29(27(32)25(22)31)18-9-7-17(28)8-10-18/h5-14,23,30H,1-4H3/b24-22+. The predicted octanol–water partition coefficient (Wildman–Crippen LogP) is 4.49. The number of anilines is 1. The van der Waals surface area contributed by atoms with Crippen LogP contribution in [0.2, 0.25) is 0 Å². The molecule has 186 valence electrons. The van der Waals surface area contributed by atoms with Gasteiger partial charge in [-0.05, 0) is 66.2 Å². The van der Waals surface area contributed by atoms with Crippen molar-refractivity contribution in [1.82, 2.24) is 0 Å².